The van der Waals surface area contributed by atoms with E-state index in [0.29, 0.717) is 0 Å². The molecule has 4 heteroatoms. The van der Waals surface area contributed by atoms with Gasteiger partial charge < -0.3 is 4.57 Å². The summed E-state index contributed by atoms with van der Waals surface area (Å²) in [5.74, 6) is 0. The second kappa shape index (κ2) is 2.67. The first-order chi connectivity index (χ1) is 4.20. The molecule has 0 saturated carbocycles. The molecule has 0 aliphatic rings. The standard InChI is InChI=1S/C5H6BCl2N/c1-9-3-2-5(4-9)6(7)8/h2-4H,1H3. The van der Waals surface area contributed by atoms with E-state index in [1.165, 1.54) is 0 Å². The monoisotopic (exact) mass is 161 g/mol. The molecule has 0 aliphatic carbocycles. The van der Waals surface area contributed by atoms with E-state index < -0.39 is 5.54 Å². The van der Waals surface area contributed by atoms with Crippen LogP contribution < -0.4 is 5.46 Å². The molecule has 0 bridgehead atoms. The highest BCUT2D eigenvalue weighted by Crippen LogP contribution is 1.96. The average molecular weight is 162 g/mol. The molecule has 1 nitrogen and oxygen atoms in total. The van der Waals surface area contributed by atoms with E-state index in [0.717, 1.165) is 5.46 Å². The van der Waals surface area contributed by atoms with Crippen LogP contribution in [-0.2, 0) is 7.05 Å². The predicted molar refractivity (Wildman–Crippen MR) is 42.5 cm³/mol. The number of aryl methyl sites for hydroxylation is 1. The van der Waals surface area contributed by atoms with Crippen molar-refractivity contribution in [3.63, 3.8) is 0 Å². The fraction of sp³-hybridized carbons (Fsp3) is 0.200. The molecule has 0 saturated heterocycles. The number of hydrogen-bond donors (Lipinski definition) is 0. The minimum Gasteiger partial charge on any atom is -0.358 e. The lowest BCUT2D eigenvalue weighted by Gasteiger charge is -1.88. The van der Waals surface area contributed by atoms with Gasteiger partial charge in [0.2, 0.25) is 0 Å². The summed E-state index contributed by atoms with van der Waals surface area (Å²) in [6.45, 7) is 0. The number of rotatable bonds is 1. The van der Waals surface area contributed by atoms with E-state index in [-0.39, 0.29) is 0 Å². The molecule has 48 valence electrons. The zero-order chi connectivity index (χ0) is 6.85. The van der Waals surface area contributed by atoms with Gasteiger partial charge in [0.05, 0.1) is 0 Å². The van der Waals surface area contributed by atoms with Gasteiger partial charge in [0.25, 0.3) is 0 Å². The Morgan fingerprint density at radius 3 is 2.44 bits per heavy atom. The van der Waals surface area contributed by atoms with Crippen molar-refractivity contribution in [2.75, 3.05) is 0 Å². The van der Waals surface area contributed by atoms with Gasteiger partial charge in [0.15, 0.2) is 0 Å². The summed E-state index contributed by atoms with van der Waals surface area (Å²) < 4.78 is 1.91. The molecular formula is C5H6BCl2N. The van der Waals surface area contributed by atoms with Crippen LogP contribution in [0, 0.1) is 0 Å². The minimum absolute atomic E-state index is 0.397. The molecule has 0 radical (unpaired) electrons. The Morgan fingerprint density at radius 1 is 1.56 bits per heavy atom. The third kappa shape index (κ3) is 1.67. The highest BCUT2D eigenvalue weighted by molar-refractivity contribution is 7.39. The van der Waals surface area contributed by atoms with Gasteiger partial charge in [-0.1, -0.05) is 0 Å². The van der Waals surface area contributed by atoms with Crippen LogP contribution in [0.2, 0.25) is 0 Å². The van der Waals surface area contributed by atoms with Crippen LogP contribution >= 0.6 is 22.9 Å². The molecule has 1 aromatic heterocycles. The third-order valence-electron chi connectivity index (χ3n) is 1.11. The molecule has 1 heterocycles. The Balaban J connectivity index is 2.85. The lowest BCUT2D eigenvalue weighted by Crippen LogP contribution is -2.15. The smallest absolute Gasteiger partial charge is 0.358 e. The second-order valence-electron chi connectivity index (χ2n) is 1.91. The lowest BCUT2D eigenvalue weighted by atomic mass is 9.97. The molecule has 1 aromatic rings. The summed E-state index contributed by atoms with van der Waals surface area (Å²) in [5.41, 5.74) is 0.548. The van der Waals surface area contributed by atoms with Crippen molar-refractivity contribution >= 4 is 33.9 Å². The summed E-state index contributed by atoms with van der Waals surface area (Å²) in [7, 11) is 1.93. The first-order valence-corrected chi connectivity index (χ1v) is 3.47. The molecule has 0 aromatic carbocycles. The largest absolute Gasteiger partial charge is 0.384 e. The Labute approximate surface area is 64.5 Å². The normalized spacial score (nSPS) is 9.67. The molecule has 0 amide bonds. The van der Waals surface area contributed by atoms with E-state index in [1.54, 1.807) is 0 Å². The molecule has 0 N–H and O–H groups in total. The van der Waals surface area contributed by atoms with Gasteiger partial charge in [0.1, 0.15) is 0 Å². The van der Waals surface area contributed by atoms with Crippen LogP contribution in [0.25, 0.3) is 0 Å². The lowest BCUT2D eigenvalue weighted by molar-refractivity contribution is 0.930. The van der Waals surface area contributed by atoms with E-state index in [2.05, 4.69) is 0 Å². The summed E-state index contributed by atoms with van der Waals surface area (Å²) in [6.07, 6.45) is 3.80. The summed E-state index contributed by atoms with van der Waals surface area (Å²) in [4.78, 5) is 0. The number of halogens is 2. The van der Waals surface area contributed by atoms with Gasteiger partial charge in [-0.05, 0) is 11.5 Å². The topological polar surface area (TPSA) is 4.93 Å². The van der Waals surface area contributed by atoms with Crippen LogP contribution in [0.5, 0.6) is 0 Å². The Bertz CT molecular complexity index is 197. The summed E-state index contributed by atoms with van der Waals surface area (Å²) >= 11 is 11.1. The fourth-order valence-corrected chi connectivity index (χ4v) is 0.912. The first-order valence-electron chi connectivity index (χ1n) is 2.60. The molecular weight excluding hydrogens is 156 g/mol. The number of hydrogen-bond acceptors (Lipinski definition) is 0. The number of aromatic nitrogens is 1. The van der Waals surface area contributed by atoms with Gasteiger partial charge in [0, 0.05) is 19.4 Å². The van der Waals surface area contributed by atoms with E-state index in [4.69, 9.17) is 22.9 Å². The highest BCUT2D eigenvalue weighted by atomic mass is 35.5. The van der Waals surface area contributed by atoms with Crippen molar-refractivity contribution in [1.29, 1.82) is 0 Å². The molecule has 9 heavy (non-hydrogen) atoms. The van der Waals surface area contributed by atoms with Crippen LogP contribution in [0.4, 0.5) is 0 Å². The average Bonchev–Trinajstić information content (AvgIpc) is 2.14. The highest BCUT2D eigenvalue weighted by Gasteiger charge is 2.08. The SMILES string of the molecule is Cn1ccc(B(Cl)Cl)c1. The molecule has 0 unspecified atom stereocenters. The van der Waals surface area contributed by atoms with Crippen molar-refractivity contribution in [1.82, 2.24) is 4.57 Å². The van der Waals surface area contributed by atoms with Crippen molar-refractivity contribution in [3.8, 4) is 0 Å². The first kappa shape index (κ1) is 7.04. The Hall–Kier alpha value is -0.0751. The van der Waals surface area contributed by atoms with Crippen molar-refractivity contribution in [2.24, 2.45) is 7.05 Å². The minimum atomic E-state index is -0.397. The summed E-state index contributed by atoms with van der Waals surface area (Å²) in [6, 6.07) is 1.89. The van der Waals surface area contributed by atoms with Gasteiger partial charge in [-0.15, -0.1) is 0 Å². The second-order valence-corrected chi connectivity index (χ2v) is 3.01. The maximum absolute atomic E-state index is 5.57. The molecule has 0 atom stereocenters. The third-order valence-corrected chi connectivity index (χ3v) is 1.61. The van der Waals surface area contributed by atoms with Gasteiger partial charge in [-0.3, -0.25) is 0 Å². The molecule has 0 aliphatic heterocycles. The van der Waals surface area contributed by atoms with Crippen molar-refractivity contribution in [3.05, 3.63) is 18.5 Å². The van der Waals surface area contributed by atoms with Crippen molar-refractivity contribution < 1.29 is 0 Å². The van der Waals surface area contributed by atoms with Crippen molar-refractivity contribution in [2.45, 2.75) is 0 Å². The molecule has 0 fully saturated rings. The maximum Gasteiger partial charge on any atom is 0.384 e. The molecule has 1 rings (SSSR count). The quantitative estimate of drug-likeness (QED) is 0.546. The Kier molecular flexibility index (Phi) is 2.09. The van der Waals surface area contributed by atoms with E-state index in [9.17, 15) is 0 Å². The zero-order valence-electron chi connectivity index (χ0n) is 5.01. The fourth-order valence-electron chi connectivity index (χ4n) is 0.654. The Morgan fingerprint density at radius 2 is 2.22 bits per heavy atom. The van der Waals surface area contributed by atoms with Crippen LogP contribution in [0.1, 0.15) is 0 Å². The summed E-state index contributed by atoms with van der Waals surface area (Å²) in [5, 5.41) is 0. The number of nitrogens with zero attached hydrogens (tertiary/aromatic N) is 1. The van der Waals surface area contributed by atoms with Crippen LogP contribution in [0.3, 0.4) is 0 Å². The van der Waals surface area contributed by atoms with Crippen LogP contribution in [-0.4, -0.2) is 10.1 Å². The maximum atomic E-state index is 5.57. The van der Waals surface area contributed by atoms with Gasteiger partial charge >= 0.3 is 5.54 Å². The van der Waals surface area contributed by atoms with Gasteiger partial charge in [-0.25, -0.2) is 0 Å². The van der Waals surface area contributed by atoms with Gasteiger partial charge in [-0.2, -0.15) is 22.9 Å². The van der Waals surface area contributed by atoms with Crippen LogP contribution in [0.15, 0.2) is 18.5 Å². The van der Waals surface area contributed by atoms with E-state index >= 15 is 0 Å². The predicted octanol–water partition coefficient (Wildman–Crippen LogP) is 1.20. The molecule has 0 spiro atoms. The zero-order valence-corrected chi connectivity index (χ0v) is 6.52. The van der Waals surface area contributed by atoms with E-state index in [1.807, 2.05) is 30.1 Å².